The van der Waals surface area contributed by atoms with E-state index < -0.39 is 74.9 Å². The first-order valence-electron chi connectivity index (χ1n) is 13.9. The van der Waals surface area contributed by atoms with E-state index in [1.165, 1.54) is 11.9 Å². The molecule has 2 aromatic carbocycles. The van der Waals surface area contributed by atoms with E-state index in [0.29, 0.717) is 10.6 Å². The molecule has 1 fully saturated rings. The summed E-state index contributed by atoms with van der Waals surface area (Å²) in [5, 5.41) is 14.7. The van der Waals surface area contributed by atoms with Gasteiger partial charge in [-0.05, 0) is 62.9 Å². The van der Waals surface area contributed by atoms with Gasteiger partial charge >= 0.3 is 6.09 Å². The Morgan fingerprint density at radius 3 is 2.53 bits per heavy atom. The summed E-state index contributed by atoms with van der Waals surface area (Å²) in [6.45, 7) is 4.40. The molecule has 0 saturated carbocycles. The van der Waals surface area contributed by atoms with Crippen molar-refractivity contribution in [3.8, 4) is 11.4 Å². The third-order valence-electron chi connectivity index (χ3n) is 7.12. The largest absolute Gasteiger partial charge is 0.444 e. The summed E-state index contributed by atoms with van der Waals surface area (Å²) in [6, 6.07) is 5.83. The summed E-state index contributed by atoms with van der Waals surface area (Å²) < 4.78 is 76.5. The summed E-state index contributed by atoms with van der Waals surface area (Å²) in [7, 11) is -2.85. The SMILES string of the molecule is CN1CC(n2nnc(-c3cc4c(cc3F)S(=O)(=O)C[C@H](NC(=O)OC(C)(C)C)C(=O)N4Cc3ccc(Cl)cc3)n2)CC(F)(F)C1. The fourth-order valence-corrected chi connectivity index (χ4v) is 7.03. The maximum Gasteiger partial charge on any atom is 0.408 e. The van der Waals surface area contributed by atoms with E-state index in [4.69, 9.17) is 16.3 Å². The predicted octanol–water partition coefficient (Wildman–Crippen LogP) is 3.86. The van der Waals surface area contributed by atoms with Gasteiger partial charge in [0.1, 0.15) is 17.5 Å². The highest BCUT2D eigenvalue weighted by Crippen LogP contribution is 2.37. The zero-order chi connectivity index (χ0) is 32.9. The molecule has 3 heterocycles. The molecule has 2 amide bonds. The van der Waals surface area contributed by atoms with Gasteiger partial charge in [0, 0.05) is 18.0 Å². The van der Waals surface area contributed by atoms with Gasteiger partial charge in [0.25, 0.3) is 11.8 Å². The van der Waals surface area contributed by atoms with Crippen LogP contribution in [0.4, 0.5) is 23.7 Å². The van der Waals surface area contributed by atoms with E-state index in [1.54, 1.807) is 45.0 Å². The monoisotopic (exact) mass is 669 g/mol. The van der Waals surface area contributed by atoms with Crippen LogP contribution < -0.4 is 10.2 Å². The minimum atomic E-state index is -4.38. The number of hydrogen-bond acceptors (Lipinski definition) is 9. The van der Waals surface area contributed by atoms with Gasteiger partial charge in [0.05, 0.1) is 41.0 Å². The van der Waals surface area contributed by atoms with Crippen LogP contribution in [0.15, 0.2) is 41.3 Å². The topological polar surface area (TPSA) is 140 Å². The molecule has 45 heavy (non-hydrogen) atoms. The van der Waals surface area contributed by atoms with Gasteiger partial charge in [0.15, 0.2) is 9.84 Å². The van der Waals surface area contributed by atoms with Crippen molar-refractivity contribution in [1.29, 1.82) is 0 Å². The molecule has 3 aromatic rings. The lowest BCUT2D eigenvalue weighted by Gasteiger charge is -2.34. The second-order valence-corrected chi connectivity index (χ2v) is 14.6. The number of likely N-dealkylation sites (tertiary alicyclic amines) is 1. The van der Waals surface area contributed by atoms with Crippen LogP contribution in [0.25, 0.3) is 11.4 Å². The molecular weight excluding hydrogens is 639 g/mol. The van der Waals surface area contributed by atoms with Crippen LogP contribution in [0, 0.1) is 5.82 Å². The van der Waals surface area contributed by atoms with E-state index in [2.05, 4.69) is 20.7 Å². The van der Waals surface area contributed by atoms with Crippen molar-refractivity contribution in [2.24, 2.45) is 0 Å². The number of alkyl halides is 2. The number of rotatable bonds is 5. The molecule has 5 rings (SSSR count). The maximum atomic E-state index is 15.6. The predicted molar refractivity (Wildman–Crippen MR) is 157 cm³/mol. The first-order chi connectivity index (χ1) is 20.9. The Balaban J connectivity index is 1.57. The molecule has 1 N–H and O–H groups in total. The zero-order valence-electron chi connectivity index (χ0n) is 24.8. The number of carbonyl (C=O) groups excluding carboxylic acids is 2. The molecule has 2 aliphatic rings. The Kier molecular flexibility index (Phi) is 8.61. The highest BCUT2D eigenvalue weighted by atomic mass is 35.5. The lowest BCUT2D eigenvalue weighted by molar-refractivity contribution is -0.120. The molecule has 1 unspecified atom stereocenters. The van der Waals surface area contributed by atoms with E-state index in [0.717, 1.165) is 21.8 Å². The molecule has 2 atom stereocenters. The zero-order valence-corrected chi connectivity index (χ0v) is 26.4. The van der Waals surface area contributed by atoms with Crippen molar-refractivity contribution in [2.45, 2.75) is 62.2 Å². The van der Waals surface area contributed by atoms with Crippen molar-refractivity contribution < 1.29 is 35.9 Å². The second kappa shape index (κ2) is 11.9. The minimum Gasteiger partial charge on any atom is -0.444 e. The van der Waals surface area contributed by atoms with Crippen molar-refractivity contribution in [3.63, 3.8) is 0 Å². The number of fused-ring (bicyclic) bond motifs is 1. The van der Waals surface area contributed by atoms with Crippen molar-refractivity contribution in [1.82, 2.24) is 30.4 Å². The molecular formula is C28H31ClF3N7O5S. The normalized spacial score (nSPS) is 21.6. The summed E-state index contributed by atoms with van der Waals surface area (Å²) >= 11 is 6.02. The minimum absolute atomic E-state index is 0.181. The highest BCUT2D eigenvalue weighted by Gasteiger charge is 2.42. The number of benzene rings is 2. The van der Waals surface area contributed by atoms with Crippen LogP contribution in [0.2, 0.25) is 5.02 Å². The van der Waals surface area contributed by atoms with Crippen LogP contribution in [-0.4, -0.2) is 89.0 Å². The van der Waals surface area contributed by atoms with Gasteiger partial charge in [-0.25, -0.2) is 26.4 Å². The third-order valence-corrected chi connectivity index (χ3v) is 9.14. The van der Waals surface area contributed by atoms with Gasteiger partial charge in [-0.2, -0.15) is 4.80 Å². The molecule has 12 nitrogen and oxygen atoms in total. The van der Waals surface area contributed by atoms with E-state index >= 15 is 4.39 Å². The molecule has 0 bridgehead atoms. The molecule has 242 valence electrons. The van der Waals surface area contributed by atoms with Gasteiger partial charge < -0.3 is 15.0 Å². The standard InChI is InChI=1S/C28H31ClF3N7O5S/c1-27(2,3)44-26(41)33-21-14-45(42,43)23-10-20(30)19(9-22(23)38(25(21)40)12-16-5-7-17(29)8-6-16)24-34-36-39(35-24)18-11-28(31,32)15-37(4)13-18/h5-10,18,21H,11-15H2,1-4H3,(H,33,41)/t18?,21-/m0/s1. The number of carbonyl (C=O) groups is 2. The molecule has 2 aliphatic heterocycles. The Bertz CT molecular complexity index is 1730. The average molecular weight is 670 g/mol. The van der Waals surface area contributed by atoms with Crippen LogP contribution in [0.3, 0.4) is 0 Å². The number of hydrogen-bond donors (Lipinski definition) is 1. The van der Waals surface area contributed by atoms with Gasteiger partial charge in [-0.15, -0.1) is 10.2 Å². The lowest BCUT2D eigenvalue weighted by atomic mass is 10.0. The average Bonchev–Trinajstić information content (AvgIpc) is 3.38. The van der Waals surface area contributed by atoms with Crippen LogP contribution >= 0.6 is 11.6 Å². The smallest absolute Gasteiger partial charge is 0.408 e. The van der Waals surface area contributed by atoms with E-state index in [1.807, 2.05) is 0 Å². The van der Waals surface area contributed by atoms with Gasteiger partial charge in [-0.1, -0.05) is 23.7 Å². The number of halogens is 4. The number of amides is 2. The Labute approximate surface area is 262 Å². The molecule has 0 aliphatic carbocycles. The first-order valence-corrected chi connectivity index (χ1v) is 15.9. The Morgan fingerprint density at radius 2 is 1.89 bits per heavy atom. The number of nitrogens with zero attached hydrogens (tertiary/aromatic N) is 6. The van der Waals surface area contributed by atoms with Gasteiger partial charge in [-0.3, -0.25) is 9.69 Å². The summed E-state index contributed by atoms with van der Waals surface area (Å²) in [6.07, 6.45) is -1.56. The number of piperidine rings is 1. The molecule has 1 aromatic heterocycles. The molecule has 1 saturated heterocycles. The fraction of sp³-hybridized carbons (Fsp3) is 0.464. The number of likely N-dealkylation sites (N-methyl/N-ethyl adjacent to an activating group) is 1. The molecule has 17 heteroatoms. The van der Waals surface area contributed by atoms with Gasteiger partial charge in [0.2, 0.25) is 5.82 Å². The summed E-state index contributed by atoms with van der Waals surface area (Å²) in [4.78, 5) is 29.6. The number of anilines is 1. The lowest BCUT2D eigenvalue weighted by Crippen LogP contribution is -2.51. The van der Waals surface area contributed by atoms with E-state index in [-0.39, 0.29) is 30.2 Å². The number of aromatic nitrogens is 4. The number of ether oxygens (including phenoxy) is 1. The third kappa shape index (κ3) is 7.39. The fourth-order valence-electron chi connectivity index (χ4n) is 5.29. The van der Waals surface area contributed by atoms with Crippen LogP contribution in [0.1, 0.15) is 38.8 Å². The second-order valence-electron chi connectivity index (χ2n) is 12.2. The summed E-state index contributed by atoms with van der Waals surface area (Å²) in [5.41, 5.74) is -0.890. The molecule has 0 radical (unpaired) electrons. The first kappa shape index (κ1) is 32.6. The maximum absolute atomic E-state index is 15.6. The van der Waals surface area contributed by atoms with E-state index in [9.17, 15) is 26.8 Å². The van der Waals surface area contributed by atoms with Crippen molar-refractivity contribution in [2.75, 3.05) is 30.8 Å². The number of tetrazole rings is 1. The number of alkyl carbamates (subject to hydrolysis) is 1. The quantitative estimate of drug-likeness (QED) is 0.429. The van der Waals surface area contributed by atoms with Crippen LogP contribution in [0.5, 0.6) is 0 Å². The van der Waals surface area contributed by atoms with Crippen molar-refractivity contribution >= 4 is 39.1 Å². The Hall–Kier alpha value is -3.76. The highest BCUT2D eigenvalue weighted by molar-refractivity contribution is 7.91. The number of sulfone groups is 1. The molecule has 0 spiro atoms. The Morgan fingerprint density at radius 1 is 1.20 bits per heavy atom. The van der Waals surface area contributed by atoms with Crippen molar-refractivity contribution in [3.05, 3.63) is 52.8 Å². The summed E-state index contributed by atoms with van der Waals surface area (Å²) in [5.74, 6) is -6.01. The number of nitrogens with one attached hydrogen (secondary N) is 1. The van der Waals surface area contributed by atoms with Crippen LogP contribution in [-0.2, 0) is 25.9 Å².